The number of carbonyl (C=O) groups excluding carboxylic acids is 1. The van der Waals surface area contributed by atoms with Gasteiger partial charge in [0, 0.05) is 11.8 Å². The summed E-state index contributed by atoms with van der Waals surface area (Å²) in [5.41, 5.74) is 2.76. The molecule has 2 aromatic rings. The first-order valence-electron chi connectivity index (χ1n) is 9.09. The van der Waals surface area contributed by atoms with Crippen LogP contribution in [0.2, 0.25) is 0 Å². The lowest BCUT2D eigenvalue weighted by Gasteiger charge is -2.21. The van der Waals surface area contributed by atoms with E-state index in [1.54, 1.807) is 37.4 Å². The van der Waals surface area contributed by atoms with Crippen LogP contribution in [0.25, 0.3) is 0 Å². The molecule has 6 nitrogen and oxygen atoms in total. The number of nitrogens with zero attached hydrogens (tertiary/aromatic N) is 1. The van der Waals surface area contributed by atoms with E-state index in [1.165, 1.54) is 7.11 Å². The standard InChI is InChI=1S/C22H25NO5/c1-5-16(12-13-23-27-4)19-18(21(24)25)11-8-15(3)20(19)28-22(26)17-9-6-14(2)7-10-17/h6-11,13,16H,5,12H2,1-4H3,(H,24,25). The van der Waals surface area contributed by atoms with Crippen molar-refractivity contribution in [1.29, 1.82) is 0 Å². The van der Waals surface area contributed by atoms with Crippen molar-refractivity contribution >= 4 is 18.2 Å². The Morgan fingerprint density at radius 1 is 1.14 bits per heavy atom. The van der Waals surface area contributed by atoms with Crippen LogP contribution in [0.1, 0.15) is 63.1 Å². The van der Waals surface area contributed by atoms with Crippen molar-refractivity contribution in [2.45, 2.75) is 39.5 Å². The Hall–Kier alpha value is -3.15. The lowest BCUT2D eigenvalue weighted by molar-refractivity contribution is 0.0683. The number of carbonyl (C=O) groups is 2. The SMILES string of the molecule is CCC(CC=NOC)c1c(C(=O)O)ccc(C)c1OC(=O)c1ccc(C)cc1. The van der Waals surface area contributed by atoms with Crippen LogP contribution >= 0.6 is 0 Å². The Morgan fingerprint density at radius 3 is 2.39 bits per heavy atom. The van der Waals surface area contributed by atoms with Gasteiger partial charge in [-0.2, -0.15) is 0 Å². The van der Waals surface area contributed by atoms with Crippen molar-refractivity contribution in [3.63, 3.8) is 0 Å². The normalized spacial score (nSPS) is 12.0. The second-order valence-corrected chi connectivity index (χ2v) is 6.54. The number of oxime groups is 1. The van der Waals surface area contributed by atoms with Crippen LogP contribution < -0.4 is 4.74 Å². The van der Waals surface area contributed by atoms with Gasteiger partial charge in [0.1, 0.15) is 12.9 Å². The molecule has 0 heterocycles. The molecule has 0 aromatic heterocycles. The number of aryl methyl sites for hydroxylation is 2. The highest BCUT2D eigenvalue weighted by Gasteiger charge is 2.25. The summed E-state index contributed by atoms with van der Waals surface area (Å²) in [6, 6.07) is 10.2. The molecule has 1 unspecified atom stereocenters. The largest absolute Gasteiger partial charge is 0.478 e. The minimum absolute atomic E-state index is 0.120. The van der Waals surface area contributed by atoms with E-state index >= 15 is 0 Å². The highest BCUT2D eigenvalue weighted by Crippen LogP contribution is 2.37. The number of rotatable bonds is 8. The smallest absolute Gasteiger partial charge is 0.343 e. The summed E-state index contributed by atoms with van der Waals surface area (Å²) in [5, 5.41) is 13.4. The van der Waals surface area contributed by atoms with Crippen LogP contribution in [0.3, 0.4) is 0 Å². The Morgan fingerprint density at radius 2 is 1.82 bits per heavy atom. The van der Waals surface area contributed by atoms with Crippen LogP contribution in [0, 0.1) is 13.8 Å². The summed E-state index contributed by atoms with van der Waals surface area (Å²) >= 11 is 0. The number of esters is 1. The molecule has 0 fully saturated rings. The lowest BCUT2D eigenvalue weighted by Crippen LogP contribution is -2.15. The third-order valence-electron chi connectivity index (χ3n) is 4.58. The van der Waals surface area contributed by atoms with E-state index in [2.05, 4.69) is 5.16 Å². The maximum atomic E-state index is 12.7. The monoisotopic (exact) mass is 383 g/mol. The number of hydrogen-bond acceptors (Lipinski definition) is 5. The highest BCUT2D eigenvalue weighted by atomic mass is 16.6. The fourth-order valence-electron chi connectivity index (χ4n) is 3.01. The number of benzene rings is 2. The van der Waals surface area contributed by atoms with E-state index in [9.17, 15) is 14.7 Å². The predicted molar refractivity (Wildman–Crippen MR) is 107 cm³/mol. The summed E-state index contributed by atoms with van der Waals surface area (Å²) in [6.45, 7) is 5.68. The minimum Gasteiger partial charge on any atom is -0.478 e. The molecule has 0 aliphatic rings. The molecule has 0 amide bonds. The van der Waals surface area contributed by atoms with Gasteiger partial charge >= 0.3 is 11.9 Å². The summed E-state index contributed by atoms with van der Waals surface area (Å²) in [7, 11) is 1.45. The van der Waals surface area contributed by atoms with Crippen LogP contribution in [0.4, 0.5) is 0 Å². The van der Waals surface area contributed by atoms with Gasteiger partial charge in [0.05, 0.1) is 11.1 Å². The molecular weight excluding hydrogens is 358 g/mol. The van der Waals surface area contributed by atoms with E-state index in [4.69, 9.17) is 9.57 Å². The second-order valence-electron chi connectivity index (χ2n) is 6.54. The summed E-state index contributed by atoms with van der Waals surface area (Å²) in [6.07, 6.45) is 2.70. The molecule has 0 radical (unpaired) electrons. The van der Waals surface area contributed by atoms with Crippen LogP contribution in [-0.2, 0) is 4.84 Å². The average Bonchev–Trinajstić information content (AvgIpc) is 2.67. The van der Waals surface area contributed by atoms with Crippen molar-refractivity contribution in [1.82, 2.24) is 0 Å². The molecule has 28 heavy (non-hydrogen) atoms. The molecule has 0 bridgehead atoms. The highest BCUT2D eigenvalue weighted by molar-refractivity contribution is 5.94. The molecule has 6 heteroatoms. The van der Waals surface area contributed by atoms with Gasteiger partial charge in [-0.25, -0.2) is 9.59 Å². The van der Waals surface area contributed by atoms with Gasteiger partial charge in [0.25, 0.3) is 0 Å². The molecule has 0 aliphatic heterocycles. The molecule has 1 atom stereocenters. The van der Waals surface area contributed by atoms with E-state index in [0.717, 1.165) is 5.56 Å². The zero-order valence-corrected chi connectivity index (χ0v) is 16.6. The lowest BCUT2D eigenvalue weighted by atomic mass is 9.87. The molecule has 0 spiro atoms. The number of aromatic carboxylic acids is 1. The number of carboxylic acids is 1. The number of ether oxygens (including phenoxy) is 1. The van der Waals surface area contributed by atoms with E-state index < -0.39 is 11.9 Å². The fourth-order valence-corrected chi connectivity index (χ4v) is 3.01. The molecule has 0 aliphatic carbocycles. The van der Waals surface area contributed by atoms with E-state index in [0.29, 0.717) is 35.3 Å². The quantitative estimate of drug-likeness (QED) is 0.308. The Kier molecular flexibility index (Phi) is 7.32. The Bertz CT molecular complexity index is 871. The van der Waals surface area contributed by atoms with Crippen molar-refractivity contribution in [2.24, 2.45) is 5.16 Å². The van der Waals surface area contributed by atoms with Crippen molar-refractivity contribution in [3.8, 4) is 5.75 Å². The van der Waals surface area contributed by atoms with Crippen molar-refractivity contribution in [3.05, 3.63) is 64.2 Å². The molecular formula is C22H25NO5. The fraction of sp³-hybridized carbons (Fsp3) is 0.318. The van der Waals surface area contributed by atoms with Gasteiger partial charge in [-0.1, -0.05) is 35.8 Å². The molecule has 148 valence electrons. The topological polar surface area (TPSA) is 85.2 Å². The van der Waals surface area contributed by atoms with Gasteiger partial charge in [-0.15, -0.1) is 0 Å². The van der Waals surface area contributed by atoms with Gasteiger partial charge in [0.15, 0.2) is 0 Å². The molecule has 0 saturated heterocycles. The molecule has 2 aromatic carbocycles. The maximum absolute atomic E-state index is 12.7. The van der Waals surface area contributed by atoms with E-state index in [-0.39, 0.29) is 11.5 Å². The second kappa shape index (κ2) is 9.69. The first-order chi connectivity index (χ1) is 13.4. The van der Waals surface area contributed by atoms with Gasteiger partial charge in [-0.05, 0) is 56.4 Å². The minimum atomic E-state index is -1.07. The number of hydrogen-bond donors (Lipinski definition) is 1. The maximum Gasteiger partial charge on any atom is 0.343 e. The molecule has 1 N–H and O–H groups in total. The predicted octanol–water partition coefficient (Wildman–Crippen LogP) is 4.74. The van der Waals surface area contributed by atoms with Crippen molar-refractivity contribution in [2.75, 3.05) is 7.11 Å². The Balaban J connectivity index is 2.50. The molecule has 2 rings (SSSR count). The zero-order chi connectivity index (χ0) is 20.7. The third-order valence-corrected chi connectivity index (χ3v) is 4.58. The first-order valence-corrected chi connectivity index (χ1v) is 9.09. The van der Waals surface area contributed by atoms with Gasteiger partial charge < -0.3 is 14.7 Å². The summed E-state index contributed by atoms with van der Waals surface area (Å²) in [4.78, 5) is 29.2. The van der Waals surface area contributed by atoms with Crippen LogP contribution in [-0.4, -0.2) is 30.4 Å². The van der Waals surface area contributed by atoms with Crippen LogP contribution in [0.15, 0.2) is 41.6 Å². The Labute approximate surface area is 164 Å². The average molecular weight is 383 g/mol. The molecule has 0 saturated carbocycles. The first kappa shape index (κ1) is 21.2. The zero-order valence-electron chi connectivity index (χ0n) is 16.6. The van der Waals surface area contributed by atoms with Crippen molar-refractivity contribution < 1.29 is 24.3 Å². The van der Waals surface area contributed by atoms with Gasteiger partial charge in [-0.3, -0.25) is 0 Å². The third kappa shape index (κ3) is 4.97. The van der Waals surface area contributed by atoms with E-state index in [1.807, 2.05) is 26.0 Å². The van der Waals surface area contributed by atoms with Gasteiger partial charge in [0.2, 0.25) is 0 Å². The summed E-state index contributed by atoms with van der Waals surface area (Å²) in [5.74, 6) is -1.48. The number of carboxylic acid groups (broad SMARTS) is 1. The van der Waals surface area contributed by atoms with Crippen LogP contribution in [0.5, 0.6) is 5.75 Å². The summed E-state index contributed by atoms with van der Waals surface area (Å²) < 4.78 is 5.70.